The average molecular weight is 367 g/mol. The number of nitrogens with one attached hydrogen (secondary N) is 1. The van der Waals surface area contributed by atoms with E-state index in [1.165, 1.54) is 0 Å². The molecule has 1 atom stereocenters. The topological polar surface area (TPSA) is 58.0 Å². The van der Waals surface area contributed by atoms with Gasteiger partial charge < -0.3 is 10.4 Å². The minimum absolute atomic E-state index is 0.176. The summed E-state index contributed by atoms with van der Waals surface area (Å²) in [5.41, 5.74) is 4.45. The van der Waals surface area contributed by atoms with Gasteiger partial charge >= 0.3 is 0 Å². The molecule has 4 aromatic rings. The molecule has 2 aromatic carbocycles. The van der Waals surface area contributed by atoms with E-state index in [9.17, 15) is 5.11 Å². The SMILES string of the molecule is C=C(C)c1ccc(C(Nc2ccccn2)c2ccc3cccnc3c2O)cc1. The van der Waals surface area contributed by atoms with Crippen molar-refractivity contribution in [3.05, 3.63) is 102 Å². The lowest BCUT2D eigenvalue weighted by Gasteiger charge is -2.22. The van der Waals surface area contributed by atoms with Crippen molar-refractivity contribution in [2.45, 2.75) is 13.0 Å². The van der Waals surface area contributed by atoms with Crippen LogP contribution in [0.4, 0.5) is 5.82 Å². The minimum atomic E-state index is -0.277. The van der Waals surface area contributed by atoms with Crippen molar-refractivity contribution in [2.24, 2.45) is 0 Å². The maximum absolute atomic E-state index is 11.0. The van der Waals surface area contributed by atoms with Crippen molar-refractivity contribution in [3.63, 3.8) is 0 Å². The standard InChI is InChI=1S/C24H21N3O/c1-16(2)17-8-10-19(11-9-17)22(27-21-7-3-4-14-25-21)20-13-12-18-6-5-15-26-23(18)24(20)28/h3-15,22,28H,1H2,2H3,(H,25,27). The molecule has 4 nitrogen and oxygen atoms in total. The lowest BCUT2D eigenvalue weighted by Crippen LogP contribution is -2.13. The molecule has 0 aliphatic rings. The van der Waals surface area contributed by atoms with Gasteiger partial charge in [0, 0.05) is 23.3 Å². The highest BCUT2D eigenvalue weighted by Crippen LogP contribution is 2.36. The molecule has 0 amide bonds. The third-order valence-electron chi connectivity index (χ3n) is 4.78. The van der Waals surface area contributed by atoms with Gasteiger partial charge in [0.05, 0.1) is 6.04 Å². The number of hydrogen-bond donors (Lipinski definition) is 2. The predicted octanol–water partition coefficient (Wildman–Crippen LogP) is 5.57. The summed E-state index contributed by atoms with van der Waals surface area (Å²) >= 11 is 0. The van der Waals surface area contributed by atoms with Crippen molar-refractivity contribution in [3.8, 4) is 5.75 Å². The van der Waals surface area contributed by atoms with Crippen LogP contribution in [0.5, 0.6) is 5.75 Å². The summed E-state index contributed by atoms with van der Waals surface area (Å²) in [6, 6.07) is 21.3. The first-order chi connectivity index (χ1) is 13.6. The lowest BCUT2D eigenvalue weighted by atomic mass is 9.94. The van der Waals surface area contributed by atoms with Crippen molar-refractivity contribution in [1.29, 1.82) is 0 Å². The van der Waals surface area contributed by atoms with E-state index in [4.69, 9.17) is 0 Å². The maximum Gasteiger partial charge on any atom is 0.147 e. The lowest BCUT2D eigenvalue weighted by molar-refractivity contribution is 0.471. The van der Waals surface area contributed by atoms with E-state index in [0.29, 0.717) is 5.52 Å². The van der Waals surface area contributed by atoms with Crippen LogP contribution >= 0.6 is 0 Å². The number of anilines is 1. The molecule has 0 aliphatic carbocycles. The van der Waals surface area contributed by atoms with Crippen LogP contribution in [0.25, 0.3) is 16.5 Å². The monoisotopic (exact) mass is 367 g/mol. The van der Waals surface area contributed by atoms with E-state index in [-0.39, 0.29) is 11.8 Å². The van der Waals surface area contributed by atoms with Gasteiger partial charge in [0.2, 0.25) is 0 Å². The number of rotatable bonds is 5. The van der Waals surface area contributed by atoms with Crippen molar-refractivity contribution < 1.29 is 5.11 Å². The van der Waals surface area contributed by atoms with E-state index in [1.54, 1.807) is 12.4 Å². The van der Waals surface area contributed by atoms with Gasteiger partial charge in [0.15, 0.2) is 0 Å². The zero-order valence-corrected chi connectivity index (χ0v) is 15.6. The number of allylic oxidation sites excluding steroid dienone is 1. The number of pyridine rings is 2. The summed E-state index contributed by atoms with van der Waals surface area (Å²) in [5.74, 6) is 0.910. The zero-order valence-electron chi connectivity index (χ0n) is 15.6. The quantitative estimate of drug-likeness (QED) is 0.484. The maximum atomic E-state index is 11.0. The Morgan fingerprint density at radius 2 is 1.71 bits per heavy atom. The second kappa shape index (κ2) is 7.53. The summed E-state index contributed by atoms with van der Waals surface area (Å²) < 4.78 is 0. The molecule has 138 valence electrons. The zero-order chi connectivity index (χ0) is 19.5. The number of phenolic OH excluding ortho intramolecular Hbond substituents is 1. The van der Waals surface area contributed by atoms with E-state index in [1.807, 2.05) is 73.7 Å². The van der Waals surface area contributed by atoms with Crippen LogP contribution in [0.1, 0.15) is 29.7 Å². The van der Waals surface area contributed by atoms with Gasteiger partial charge in [-0.05, 0) is 36.2 Å². The van der Waals surface area contributed by atoms with Crippen LogP contribution in [0, 0.1) is 0 Å². The highest BCUT2D eigenvalue weighted by molar-refractivity contribution is 5.86. The van der Waals surface area contributed by atoms with E-state index in [2.05, 4.69) is 21.9 Å². The van der Waals surface area contributed by atoms with Gasteiger partial charge in [-0.1, -0.05) is 60.7 Å². The molecular weight excluding hydrogens is 346 g/mol. The van der Waals surface area contributed by atoms with Crippen LogP contribution < -0.4 is 5.32 Å². The van der Waals surface area contributed by atoms with E-state index in [0.717, 1.165) is 33.5 Å². The van der Waals surface area contributed by atoms with Crippen molar-refractivity contribution in [1.82, 2.24) is 9.97 Å². The molecule has 0 radical (unpaired) electrons. The molecular formula is C24H21N3O. The normalized spacial score (nSPS) is 11.9. The molecule has 4 rings (SSSR count). The smallest absolute Gasteiger partial charge is 0.147 e. The van der Waals surface area contributed by atoms with Gasteiger partial charge in [0.1, 0.15) is 17.1 Å². The highest BCUT2D eigenvalue weighted by atomic mass is 16.3. The first-order valence-electron chi connectivity index (χ1n) is 9.13. The number of nitrogens with zero attached hydrogens (tertiary/aromatic N) is 2. The van der Waals surface area contributed by atoms with Gasteiger partial charge in [-0.3, -0.25) is 4.98 Å². The summed E-state index contributed by atoms with van der Waals surface area (Å²) in [6.07, 6.45) is 3.43. The first kappa shape index (κ1) is 17.7. The van der Waals surface area contributed by atoms with Crippen molar-refractivity contribution in [2.75, 3.05) is 5.32 Å². The Balaban J connectivity index is 1.83. The number of aromatic hydroxyl groups is 1. The van der Waals surface area contributed by atoms with Crippen LogP contribution in [-0.4, -0.2) is 15.1 Å². The second-order valence-electron chi connectivity index (χ2n) is 6.77. The van der Waals surface area contributed by atoms with Crippen LogP contribution in [-0.2, 0) is 0 Å². The number of hydrogen-bond acceptors (Lipinski definition) is 4. The second-order valence-corrected chi connectivity index (χ2v) is 6.77. The Bertz CT molecular complexity index is 1120. The fraction of sp³-hybridized carbons (Fsp3) is 0.0833. The van der Waals surface area contributed by atoms with Crippen LogP contribution in [0.15, 0.2) is 85.7 Å². The van der Waals surface area contributed by atoms with Gasteiger partial charge in [-0.25, -0.2) is 4.98 Å². The molecule has 2 N–H and O–H groups in total. The summed E-state index contributed by atoms with van der Waals surface area (Å²) in [7, 11) is 0. The predicted molar refractivity (Wildman–Crippen MR) is 114 cm³/mol. The Labute approximate surface area is 164 Å². The Morgan fingerprint density at radius 1 is 0.929 bits per heavy atom. The molecule has 2 aromatic heterocycles. The van der Waals surface area contributed by atoms with Crippen LogP contribution in [0.2, 0.25) is 0 Å². The summed E-state index contributed by atoms with van der Waals surface area (Å²) in [4.78, 5) is 8.74. The van der Waals surface area contributed by atoms with Crippen molar-refractivity contribution >= 4 is 22.3 Å². The highest BCUT2D eigenvalue weighted by Gasteiger charge is 2.20. The Kier molecular flexibility index (Phi) is 4.77. The number of aromatic nitrogens is 2. The molecule has 28 heavy (non-hydrogen) atoms. The Hall–Kier alpha value is -3.66. The fourth-order valence-corrected chi connectivity index (χ4v) is 3.27. The fourth-order valence-electron chi connectivity index (χ4n) is 3.27. The minimum Gasteiger partial charge on any atom is -0.505 e. The summed E-state index contributed by atoms with van der Waals surface area (Å²) in [6.45, 7) is 5.99. The molecule has 0 fully saturated rings. The molecule has 1 unspecified atom stereocenters. The Morgan fingerprint density at radius 3 is 2.43 bits per heavy atom. The third-order valence-corrected chi connectivity index (χ3v) is 4.78. The van der Waals surface area contributed by atoms with E-state index < -0.39 is 0 Å². The van der Waals surface area contributed by atoms with Gasteiger partial charge in [-0.2, -0.15) is 0 Å². The van der Waals surface area contributed by atoms with Crippen LogP contribution in [0.3, 0.4) is 0 Å². The molecule has 0 saturated carbocycles. The summed E-state index contributed by atoms with van der Waals surface area (Å²) in [5, 5.41) is 15.3. The molecule has 0 bridgehead atoms. The largest absolute Gasteiger partial charge is 0.505 e. The third kappa shape index (κ3) is 3.45. The van der Waals surface area contributed by atoms with Gasteiger partial charge in [0.25, 0.3) is 0 Å². The van der Waals surface area contributed by atoms with Gasteiger partial charge in [-0.15, -0.1) is 0 Å². The average Bonchev–Trinajstić information content (AvgIpc) is 2.74. The first-order valence-corrected chi connectivity index (χ1v) is 9.13. The molecule has 0 spiro atoms. The van der Waals surface area contributed by atoms with E-state index >= 15 is 0 Å². The number of fused-ring (bicyclic) bond motifs is 1. The number of benzene rings is 2. The number of phenols is 1. The molecule has 4 heteroatoms. The molecule has 0 saturated heterocycles. The molecule has 0 aliphatic heterocycles. The molecule has 2 heterocycles.